The van der Waals surface area contributed by atoms with E-state index in [2.05, 4.69) is 10.3 Å². The van der Waals surface area contributed by atoms with Crippen LogP contribution in [0.4, 0.5) is 11.4 Å². The number of nitro groups is 1. The lowest BCUT2D eigenvalue weighted by atomic mass is 10.1. The lowest BCUT2D eigenvalue weighted by Crippen LogP contribution is -2.13. The molecule has 4 rings (SSSR count). The fourth-order valence-electron chi connectivity index (χ4n) is 3.19. The number of nitro benzene ring substituents is 1. The number of hydrogen-bond donors (Lipinski definition) is 1. The number of aromatic nitrogens is 1. The van der Waals surface area contributed by atoms with E-state index in [-0.39, 0.29) is 11.3 Å². The fraction of sp³-hybridized carbons (Fsp3) is 0.130. The maximum absolute atomic E-state index is 12.7. The van der Waals surface area contributed by atoms with Gasteiger partial charge in [-0.25, -0.2) is 4.98 Å². The van der Waals surface area contributed by atoms with Crippen molar-refractivity contribution >= 4 is 28.4 Å². The van der Waals surface area contributed by atoms with Gasteiger partial charge in [0.25, 0.3) is 11.6 Å². The Labute approximate surface area is 172 Å². The predicted octanol–water partition coefficient (Wildman–Crippen LogP) is 5.58. The van der Waals surface area contributed by atoms with Gasteiger partial charge in [-0.05, 0) is 62.2 Å². The van der Waals surface area contributed by atoms with Crippen LogP contribution in [-0.4, -0.2) is 15.8 Å². The molecule has 0 aliphatic rings. The van der Waals surface area contributed by atoms with Crippen molar-refractivity contribution < 1.29 is 14.1 Å². The number of carbonyl (C=O) groups is 1. The first kappa shape index (κ1) is 19.3. The highest BCUT2D eigenvalue weighted by molar-refractivity contribution is 6.05. The topological polar surface area (TPSA) is 98.3 Å². The molecule has 0 unspecified atom stereocenters. The number of nitrogens with zero attached hydrogens (tertiary/aromatic N) is 2. The van der Waals surface area contributed by atoms with Gasteiger partial charge in [-0.15, -0.1) is 0 Å². The quantitative estimate of drug-likeness (QED) is 0.355. The second kappa shape index (κ2) is 7.44. The van der Waals surface area contributed by atoms with Gasteiger partial charge in [0.05, 0.1) is 4.92 Å². The third kappa shape index (κ3) is 3.65. The number of rotatable bonds is 4. The third-order valence-corrected chi connectivity index (χ3v) is 4.94. The highest BCUT2D eigenvalue weighted by Gasteiger charge is 2.16. The summed E-state index contributed by atoms with van der Waals surface area (Å²) in [6, 6.07) is 15.7. The Morgan fingerprint density at radius 3 is 2.53 bits per heavy atom. The zero-order valence-electron chi connectivity index (χ0n) is 16.7. The molecule has 0 atom stereocenters. The Balaban J connectivity index is 1.65. The third-order valence-electron chi connectivity index (χ3n) is 4.94. The molecule has 1 aromatic heterocycles. The molecular weight excluding hydrogens is 382 g/mol. The van der Waals surface area contributed by atoms with Crippen molar-refractivity contribution in [3.8, 4) is 11.5 Å². The molecule has 30 heavy (non-hydrogen) atoms. The number of anilines is 1. The Kier molecular flexibility index (Phi) is 4.79. The van der Waals surface area contributed by atoms with Crippen molar-refractivity contribution in [1.29, 1.82) is 0 Å². The van der Waals surface area contributed by atoms with Gasteiger partial charge < -0.3 is 9.73 Å². The first-order valence-corrected chi connectivity index (χ1v) is 9.36. The summed E-state index contributed by atoms with van der Waals surface area (Å²) < 4.78 is 5.85. The molecule has 1 heterocycles. The average molecular weight is 401 g/mol. The molecule has 0 spiro atoms. The summed E-state index contributed by atoms with van der Waals surface area (Å²) in [6.45, 7) is 5.49. The smallest absolute Gasteiger partial charge is 0.273 e. The van der Waals surface area contributed by atoms with E-state index in [9.17, 15) is 14.9 Å². The lowest BCUT2D eigenvalue weighted by molar-refractivity contribution is -0.385. The average Bonchev–Trinajstić information content (AvgIpc) is 3.12. The van der Waals surface area contributed by atoms with Gasteiger partial charge in [0, 0.05) is 28.4 Å². The molecule has 0 radical (unpaired) electrons. The lowest BCUT2D eigenvalue weighted by Gasteiger charge is -2.10. The van der Waals surface area contributed by atoms with Crippen LogP contribution in [0.5, 0.6) is 0 Å². The van der Waals surface area contributed by atoms with Gasteiger partial charge in [0.2, 0.25) is 5.89 Å². The molecule has 7 heteroatoms. The van der Waals surface area contributed by atoms with Gasteiger partial charge in [-0.1, -0.05) is 18.2 Å². The van der Waals surface area contributed by atoms with Crippen molar-refractivity contribution in [2.75, 3.05) is 5.32 Å². The van der Waals surface area contributed by atoms with Gasteiger partial charge in [0.1, 0.15) is 5.52 Å². The fourth-order valence-corrected chi connectivity index (χ4v) is 3.19. The van der Waals surface area contributed by atoms with Gasteiger partial charge >= 0.3 is 0 Å². The number of amides is 1. The molecule has 0 fully saturated rings. The van der Waals surface area contributed by atoms with Crippen molar-refractivity contribution in [2.45, 2.75) is 20.8 Å². The Morgan fingerprint density at radius 2 is 1.77 bits per heavy atom. The number of hydrogen-bond acceptors (Lipinski definition) is 5. The molecular formula is C23H19N3O4. The van der Waals surface area contributed by atoms with Crippen LogP contribution in [0.1, 0.15) is 27.0 Å². The number of aryl methyl sites for hydroxylation is 3. The van der Waals surface area contributed by atoms with E-state index >= 15 is 0 Å². The second-order valence-electron chi connectivity index (χ2n) is 7.23. The van der Waals surface area contributed by atoms with Crippen LogP contribution in [0.25, 0.3) is 22.6 Å². The van der Waals surface area contributed by atoms with Gasteiger partial charge in [-0.2, -0.15) is 0 Å². The summed E-state index contributed by atoms with van der Waals surface area (Å²) in [6.07, 6.45) is 0. The SMILES string of the molecule is Cc1ccc2oc(-c3ccc(C)c(NC(=O)c4ccc(C)c([N+](=O)[O-])c4)c3)nc2c1. The molecule has 3 aromatic carbocycles. The van der Waals surface area contributed by atoms with E-state index in [1.54, 1.807) is 25.1 Å². The maximum Gasteiger partial charge on any atom is 0.273 e. The molecule has 7 nitrogen and oxygen atoms in total. The van der Waals surface area contributed by atoms with Crippen molar-refractivity contribution in [3.63, 3.8) is 0 Å². The molecule has 150 valence electrons. The summed E-state index contributed by atoms with van der Waals surface area (Å²) in [5.74, 6) is 0.0311. The minimum atomic E-state index is -0.493. The van der Waals surface area contributed by atoms with Crippen molar-refractivity contribution in [1.82, 2.24) is 4.98 Å². The van der Waals surface area contributed by atoms with Crippen LogP contribution in [0, 0.1) is 30.9 Å². The normalized spacial score (nSPS) is 10.9. The number of nitrogens with one attached hydrogen (secondary N) is 1. The van der Waals surface area contributed by atoms with E-state index < -0.39 is 10.8 Å². The molecule has 1 amide bonds. The summed E-state index contributed by atoms with van der Waals surface area (Å²) in [5.41, 5.74) is 5.33. The van der Waals surface area contributed by atoms with Crippen molar-refractivity contribution in [2.24, 2.45) is 0 Å². The summed E-state index contributed by atoms with van der Waals surface area (Å²) in [5, 5.41) is 14.0. The summed E-state index contributed by atoms with van der Waals surface area (Å²) in [4.78, 5) is 27.9. The van der Waals surface area contributed by atoms with E-state index in [0.717, 1.165) is 22.2 Å². The van der Waals surface area contributed by atoms with E-state index in [4.69, 9.17) is 4.42 Å². The van der Waals surface area contributed by atoms with Crippen LogP contribution < -0.4 is 5.32 Å². The Hall–Kier alpha value is -4.00. The maximum atomic E-state index is 12.7. The van der Waals surface area contributed by atoms with E-state index in [1.165, 1.54) is 6.07 Å². The minimum Gasteiger partial charge on any atom is -0.436 e. The van der Waals surface area contributed by atoms with E-state index in [1.807, 2.05) is 44.2 Å². The monoisotopic (exact) mass is 401 g/mol. The first-order valence-electron chi connectivity index (χ1n) is 9.36. The largest absolute Gasteiger partial charge is 0.436 e. The zero-order valence-corrected chi connectivity index (χ0v) is 16.7. The summed E-state index contributed by atoms with van der Waals surface area (Å²) >= 11 is 0. The Bertz CT molecular complexity index is 1310. The van der Waals surface area contributed by atoms with Crippen molar-refractivity contribution in [3.05, 3.63) is 87.0 Å². The molecule has 0 aliphatic heterocycles. The number of fused-ring (bicyclic) bond motifs is 1. The zero-order chi connectivity index (χ0) is 21.4. The second-order valence-corrected chi connectivity index (χ2v) is 7.23. The molecule has 0 saturated heterocycles. The van der Waals surface area contributed by atoms with Crippen LogP contribution >= 0.6 is 0 Å². The molecule has 0 aliphatic carbocycles. The van der Waals surface area contributed by atoms with Gasteiger partial charge in [-0.3, -0.25) is 14.9 Å². The van der Waals surface area contributed by atoms with Crippen LogP contribution in [0.15, 0.2) is 59.0 Å². The van der Waals surface area contributed by atoms with Crippen LogP contribution in [-0.2, 0) is 0 Å². The van der Waals surface area contributed by atoms with Crippen LogP contribution in [0.3, 0.4) is 0 Å². The predicted molar refractivity (Wildman–Crippen MR) is 115 cm³/mol. The Morgan fingerprint density at radius 1 is 1.00 bits per heavy atom. The van der Waals surface area contributed by atoms with Crippen LogP contribution in [0.2, 0.25) is 0 Å². The van der Waals surface area contributed by atoms with E-state index in [0.29, 0.717) is 22.7 Å². The number of carbonyl (C=O) groups excluding carboxylic acids is 1. The highest BCUT2D eigenvalue weighted by Crippen LogP contribution is 2.29. The number of oxazole rings is 1. The highest BCUT2D eigenvalue weighted by atomic mass is 16.6. The summed E-state index contributed by atoms with van der Waals surface area (Å²) in [7, 11) is 0. The first-order chi connectivity index (χ1) is 14.3. The molecule has 1 N–H and O–H groups in total. The molecule has 4 aromatic rings. The molecule has 0 saturated carbocycles. The molecule has 0 bridgehead atoms. The minimum absolute atomic E-state index is 0.0881. The number of benzene rings is 3. The van der Waals surface area contributed by atoms with Gasteiger partial charge in [0.15, 0.2) is 5.58 Å². The standard InChI is InChI=1S/C23H19N3O4/c1-13-4-9-21-19(10-13)25-23(30-21)17-8-5-14(2)18(11-17)24-22(27)16-7-6-15(3)20(12-16)26(28)29/h4-12H,1-3H3,(H,24,27).